The summed E-state index contributed by atoms with van der Waals surface area (Å²) < 4.78 is 1.01. The van der Waals surface area contributed by atoms with Gasteiger partial charge >= 0.3 is 0 Å². The highest BCUT2D eigenvalue weighted by atomic mass is 79.9. The summed E-state index contributed by atoms with van der Waals surface area (Å²) in [6, 6.07) is 12.6. The van der Waals surface area contributed by atoms with Gasteiger partial charge in [-0.15, -0.1) is 0 Å². The average Bonchev–Trinajstić information content (AvgIpc) is 2.42. The van der Waals surface area contributed by atoms with Crippen molar-refractivity contribution in [1.29, 1.82) is 0 Å². The van der Waals surface area contributed by atoms with Crippen molar-refractivity contribution in [1.82, 2.24) is 15.2 Å². The maximum absolute atomic E-state index is 4.36. The van der Waals surface area contributed by atoms with Gasteiger partial charge in [-0.25, -0.2) is 0 Å². The lowest BCUT2D eigenvalue weighted by Crippen LogP contribution is -2.17. The van der Waals surface area contributed by atoms with Gasteiger partial charge in [0.1, 0.15) is 0 Å². The second-order valence-electron chi connectivity index (χ2n) is 5.08. The Morgan fingerprint density at radius 2 is 1.80 bits per heavy atom. The predicted molar refractivity (Wildman–Crippen MR) is 86.3 cm³/mol. The number of benzene rings is 1. The first kappa shape index (κ1) is 15.2. The van der Waals surface area contributed by atoms with Crippen LogP contribution in [0.3, 0.4) is 0 Å². The van der Waals surface area contributed by atoms with E-state index < -0.39 is 0 Å². The van der Waals surface area contributed by atoms with Gasteiger partial charge in [0.15, 0.2) is 0 Å². The first-order chi connectivity index (χ1) is 9.65. The fourth-order valence-corrected chi connectivity index (χ4v) is 2.30. The number of rotatable bonds is 6. The van der Waals surface area contributed by atoms with E-state index in [0.717, 1.165) is 29.8 Å². The van der Waals surface area contributed by atoms with E-state index in [1.807, 2.05) is 18.3 Å². The van der Waals surface area contributed by atoms with Crippen molar-refractivity contribution in [2.75, 3.05) is 14.1 Å². The van der Waals surface area contributed by atoms with Gasteiger partial charge in [0.2, 0.25) is 0 Å². The van der Waals surface area contributed by atoms with Crippen molar-refractivity contribution in [3.63, 3.8) is 0 Å². The molecule has 2 rings (SSSR count). The summed E-state index contributed by atoms with van der Waals surface area (Å²) in [4.78, 5) is 6.55. The number of pyridine rings is 1. The second-order valence-corrected chi connectivity index (χ2v) is 5.99. The summed E-state index contributed by atoms with van der Waals surface area (Å²) in [7, 11) is 4.19. The van der Waals surface area contributed by atoms with Crippen LogP contribution >= 0.6 is 15.9 Å². The summed E-state index contributed by atoms with van der Waals surface area (Å²) >= 11 is 3.40. The van der Waals surface area contributed by atoms with Crippen LogP contribution in [0, 0.1) is 0 Å². The van der Waals surface area contributed by atoms with E-state index in [9.17, 15) is 0 Å². The average molecular weight is 334 g/mol. The van der Waals surface area contributed by atoms with Gasteiger partial charge in [0.05, 0.1) is 5.69 Å². The van der Waals surface area contributed by atoms with Crippen LogP contribution in [0.4, 0.5) is 0 Å². The smallest absolute Gasteiger partial charge is 0.0542 e. The van der Waals surface area contributed by atoms with Crippen molar-refractivity contribution < 1.29 is 0 Å². The molecule has 0 aliphatic heterocycles. The number of aromatic nitrogens is 1. The minimum Gasteiger partial charge on any atom is -0.307 e. The van der Waals surface area contributed by atoms with Crippen LogP contribution < -0.4 is 5.32 Å². The molecule has 1 N–H and O–H groups in total. The Morgan fingerprint density at radius 3 is 2.45 bits per heavy atom. The summed E-state index contributed by atoms with van der Waals surface area (Å²) in [5.74, 6) is 0. The van der Waals surface area contributed by atoms with E-state index >= 15 is 0 Å². The van der Waals surface area contributed by atoms with Crippen LogP contribution in [0.5, 0.6) is 0 Å². The molecule has 0 aliphatic rings. The van der Waals surface area contributed by atoms with Gasteiger partial charge in [0, 0.05) is 30.3 Å². The minimum absolute atomic E-state index is 0.781. The highest BCUT2D eigenvalue weighted by molar-refractivity contribution is 9.10. The molecule has 1 aromatic heterocycles. The lowest BCUT2D eigenvalue weighted by molar-refractivity contribution is 0.400. The molecule has 2 aromatic rings. The van der Waals surface area contributed by atoms with Crippen LogP contribution in [-0.2, 0) is 19.6 Å². The Bertz CT molecular complexity index is 538. The zero-order valence-corrected chi connectivity index (χ0v) is 13.5. The van der Waals surface area contributed by atoms with E-state index in [-0.39, 0.29) is 0 Å². The van der Waals surface area contributed by atoms with Gasteiger partial charge in [-0.2, -0.15) is 0 Å². The van der Waals surface area contributed by atoms with Crippen LogP contribution in [0.25, 0.3) is 0 Å². The summed E-state index contributed by atoms with van der Waals surface area (Å²) in [5, 5.41) is 3.45. The van der Waals surface area contributed by atoms with Gasteiger partial charge in [-0.05, 0) is 53.3 Å². The highest BCUT2D eigenvalue weighted by Crippen LogP contribution is 2.11. The number of hydrogen-bond donors (Lipinski definition) is 1. The Morgan fingerprint density at radius 1 is 1.05 bits per heavy atom. The van der Waals surface area contributed by atoms with Crippen LogP contribution in [0.15, 0.2) is 47.1 Å². The third-order valence-corrected chi connectivity index (χ3v) is 3.48. The van der Waals surface area contributed by atoms with E-state index in [0.29, 0.717) is 0 Å². The number of nitrogens with zero attached hydrogens (tertiary/aromatic N) is 2. The molecular weight excluding hydrogens is 314 g/mol. The fraction of sp³-hybridized carbons (Fsp3) is 0.312. The molecule has 106 valence electrons. The molecule has 0 bridgehead atoms. The molecule has 0 aliphatic carbocycles. The SMILES string of the molecule is CN(C)Cc1ccccc1CNCc1ccc(Br)cn1. The lowest BCUT2D eigenvalue weighted by Gasteiger charge is -2.14. The standard InChI is InChI=1S/C16H20BrN3/c1-20(2)12-14-6-4-3-5-13(14)9-18-11-16-8-7-15(17)10-19-16/h3-8,10,18H,9,11-12H2,1-2H3. The van der Waals surface area contributed by atoms with Crippen molar-refractivity contribution in [2.45, 2.75) is 19.6 Å². The molecule has 1 heterocycles. The molecule has 4 heteroatoms. The second kappa shape index (κ2) is 7.53. The normalized spacial score (nSPS) is 11.0. The molecule has 0 amide bonds. The summed E-state index contributed by atoms with van der Waals surface area (Å²) in [6.45, 7) is 2.61. The van der Waals surface area contributed by atoms with Gasteiger partial charge in [-0.1, -0.05) is 24.3 Å². The third kappa shape index (κ3) is 4.71. The quantitative estimate of drug-likeness (QED) is 0.879. The van der Waals surface area contributed by atoms with E-state index in [1.165, 1.54) is 11.1 Å². The van der Waals surface area contributed by atoms with E-state index in [2.05, 4.69) is 69.5 Å². The molecule has 0 atom stereocenters. The topological polar surface area (TPSA) is 28.2 Å². The molecule has 0 saturated heterocycles. The zero-order valence-electron chi connectivity index (χ0n) is 11.9. The number of halogens is 1. The summed E-state index contributed by atoms with van der Waals surface area (Å²) in [6.07, 6.45) is 1.83. The third-order valence-electron chi connectivity index (χ3n) is 3.02. The molecule has 1 aromatic carbocycles. The van der Waals surface area contributed by atoms with E-state index in [4.69, 9.17) is 0 Å². The fourth-order valence-electron chi connectivity index (χ4n) is 2.06. The molecule has 0 spiro atoms. The molecule has 0 unspecified atom stereocenters. The van der Waals surface area contributed by atoms with E-state index in [1.54, 1.807) is 0 Å². The van der Waals surface area contributed by atoms with Crippen molar-refractivity contribution >= 4 is 15.9 Å². The van der Waals surface area contributed by atoms with Crippen LogP contribution in [-0.4, -0.2) is 24.0 Å². The van der Waals surface area contributed by atoms with Crippen molar-refractivity contribution in [2.24, 2.45) is 0 Å². The highest BCUT2D eigenvalue weighted by Gasteiger charge is 2.03. The first-order valence-electron chi connectivity index (χ1n) is 6.68. The molecule has 0 saturated carbocycles. The van der Waals surface area contributed by atoms with Crippen LogP contribution in [0.1, 0.15) is 16.8 Å². The molecular formula is C16H20BrN3. The number of hydrogen-bond acceptors (Lipinski definition) is 3. The van der Waals surface area contributed by atoms with Crippen molar-refractivity contribution in [3.05, 3.63) is 63.9 Å². The largest absolute Gasteiger partial charge is 0.307 e. The molecule has 20 heavy (non-hydrogen) atoms. The first-order valence-corrected chi connectivity index (χ1v) is 7.47. The van der Waals surface area contributed by atoms with Gasteiger partial charge in [0.25, 0.3) is 0 Å². The molecule has 0 radical (unpaired) electrons. The molecule has 3 nitrogen and oxygen atoms in total. The van der Waals surface area contributed by atoms with Crippen molar-refractivity contribution in [3.8, 4) is 0 Å². The monoisotopic (exact) mass is 333 g/mol. The summed E-state index contributed by atoms with van der Waals surface area (Å²) in [5.41, 5.74) is 3.77. The Hall–Kier alpha value is -1.23. The maximum Gasteiger partial charge on any atom is 0.0542 e. The molecule has 0 fully saturated rings. The minimum atomic E-state index is 0.781. The zero-order chi connectivity index (χ0) is 14.4. The Labute approximate surface area is 129 Å². The predicted octanol–water partition coefficient (Wildman–Crippen LogP) is 3.20. The van der Waals surface area contributed by atoms with Gasteiger partial charge in [-0.3, -0.25) is 4.98 Å². The maximum atomic E-state index is 4.36. The van der Waals surface area contributed by atoms with Gasteiger partial charge < -0.3 is 10.2 Å². The van der Waals surface area contributed by atoms with Crippen LogP contribution in [0.2, 0.25) is 0 Å². The Balaban J connectivity index is 1.92. The number of nitrogens with one attached hydrogen (secondary N) is 1. The Kier molecular flexibility index (Phi) is 5.71. The lowest BCUT2D eigenvalue weighted by atomic mass is 10.1.